The molecule has 2 rings (SSSR count). The van der Waals surface area contributed by atoms with Crippen molar-refractivity contribution in [3.63, 3.8) is 0 Å². The van der Waals surface area contributed by atoms with Gasteiger partial charge in [-0.2, -0.15) is 0 Å². The second-order valence-electron chi connectivity index (χ2n) is 6.16. The Labute approximate surface area is 115 Å². The maximum Gasteiger partial charge on any atom is 0.137 e. The van der Waals surface area contributed by atoms with Gasteiger partial charge in [0.2, 0.25) is 0 Å². The number of benzene rings is 1. The summed E-state index contributed by atoms with van der Waals surface area (Å²) < 4.78 is 5.18. The van der Waals surface area contributed by atoms with Crippen LogP contribution in [-0.2, 0) is 4.79 Å². The summed E-state index contributed by atoms with van der Waals surface area (Å²) in [6.45, 7) is 7.48. The van der Waals surface area contributed by atoms with E-state index in [4.69, 9.17) is 4.74 Å². The molecule has 3 nitrogen and oxygen atoms in total. The molecule has 0 spiro atoms. The zero-order valence-corrected chi connectivity index (χ0v) is 12.2. The van der Waals surface area contributed by atoms with E-state index in [0.717, 1.165) is 25.0 Å². The minimum atomic E-state index is -0.0200. The van der Waals surface area contributed by atoms with Crippen LogP contribution >= 0.6 is 0 Å². The molecule has 0 aliphatic carbocycles. The minimum absolute atomic E-state index is 0.0200. The van der Waals surface area contributed by atoms with E-state index in [-0.39, 0.29) is 11.6 Å². The molecule has 1 aliphatic heterocycles. The fourth-order valence-electron chi connectivity index (χ4n) is 2.98. The standard InChI is InChI=1S/C16H23NO2/c1-16(2,3)17-10-9-14(15(17)11-18)12-5-7-13(19-4)8-6-12/h5-8,11,14-15H,9-10H2,1-4H3/t14-,15+/m1/s1. The number of hydrogen-bond donors (Lipinski definition) is 0. The Kier molecular flexibility index (Phi) is 3.95. The Morgan fingerprint density at radius 1 is 1.26 bits per heavy atom. The van der Waals surface area contributed by atoms with Gasteiger partial charge in [0, 0.05) is 18.0 Å². The van der Waals surface area contributed by atoms with Crippen molar-refractivity contribution in [3.8, 4) is 5.75 Å². The Morgan fingerprint density at radius 3 is 2.37 bits per heavy atom. The van der Waals surface area contributed by atoms with E-state index in [1.807, 2.05) is 12.1 Å². The predicted octanol–water partition coefficient (Wildman–Crippen LogP) is 2.85. The average molecular weight is 261 g/mol. The number of rotatable bonds is 3. The Bertz CT molecular complexity index is 433. The number of carbonyl (C=O) groups is 1. The summed E-state index contributed by atoms with van der Waals surface area (Å²) in [4.78, 5) is 13.8. The number of aldehydes is 1. The van der Waals surface area contributed by atoms with Crippen LogP contribution in [-0.4, -0.2) is 36.4 Å². The van der Waals surface area contributed by atoms with Crippen molar-refractivity contribution in [3.05, 3.63) is 29.8 Å². The molecule has 1 saturated heterocycles. The maximum absolute atomic E-state index is 11.5. The molecular formula is C16H23NO2. The number of ether oxygens (including phenoxy) is 1. The zero-order valence-electron chi connectivity index (χ0n) is 12.2. The Balaban J connectivity index is 2.22. The number of carbonyl (C=O) groups excluding carboxylic acids is 1. The van der Waals surface area contributed by atoms with Gasteiger partial charge < -0.3 is 9.53 Å². The lowest BCUT2D eigenvalue weighted by Crippen LogP contribution is -2.46. The fourth-order valence-corrected chi connectivity index (χ4v) is 2.98. The van der Waals surface area contributed by atoms with E-state index in [9.17, 15) is 4.79 Å². The summed E-state index contributed by atoms with van der Waals surface area (Å²) in [5, 5.41) is 0. The van der Waals surface area contributed by atoms with Crippen LogP contribution in [0, 0.1) is 0 Å². The predicted molar refractivity (Wildman–Crippen MR) is 76.7 cm³/mol. The van der Waals surface area contributed by atoms with Crippen molar-refractivity contribution >= 4 is 6.29 Å². The van der Waals surface area contributed by atoms with Gasteiger partial charge in [-0.15, -0.1) is 0 Å². The topological polar surface area (TPSA) is 29.5 Å². The third-order valence-electron chi connectivity index (χ3n) is 4.00. The first-order valence-electron chi connectivity index (χ1n) is 6.83. The smallest absolute Gasteiger partial charge is 0.137 e. The van der Waals surface area contributed by atoms with E-state index < -0.39 is 0 Å². The molecule has 3 heteroatoms. The van der Waals surface area contributed by atoms with Crippen molar-refractivity contribution < 1.29 is 9.53 Å². The number of likely N-dealkylation sites (tertiary alicyclic amines) is 1. The van der Waals surface area contributed by atoms with Crippen LogP contribution in [0.15, 0.2) is 24.3 Å². The van der Waals surface area contributed by atoms with Gasteiger partial charge in [0.15, 0.2) is 0 Å². The highest BCUT2D eigenvalue weighted by atomic mass is 16.5. The fraction of sp³-hybridized carbons (Fsp3) is 0.562. The van der Waals surface area contributed by atoms with Gasteiger partial charge in [-0.3, -0.25) is 4.90 Å². The third-order valence-corrected chi connectivity index (χ3v) is 4.00. The first-order chi connectivity index (χ1) is 8.97. The molecule has 1 heterocycles. The maximum atomic E-state index is 11.5. The minimum Gasteiger partial charge on any atom is -0.497 e. The van der Waals surface area contributed by atoms with Crippen molar-refractivity contribution in [1.82, 2.24) is 4.90 Å². The second-order valence-corrected chi connectivity index (χ2v) is 6.16. The average Bonchev–Trinajstić information content (AvgIpc) is 2.82. The summed E-state index contributed by atoms with van der Waals surface area (Å²) in [5.74, 6) is 1.15. The molecule has 1 aromatic rings. The molecule has 0 amide bonds. The van der Waals surface area contributed by atoms with E-state index in [1.165, 1.54) is 5.56 Å². The molecule has 104 valence electrons. The molecule has 2 atom stereocenters. The normalized spacial score (nSPS) is 24.4. The highest BCUT2D eigenvalue weighted by Crippen LogP contribution is 2.36. The van der Waals surface area contributed by atoms with Crippen LogP contribution < -0.4 is 4.74 Å². The van der Waals surface area contributed by atoms with Crippen LogP contribution in [0.2, 0.25) is 0 Å². The monoisotopic (exact) mass is 261 g/mol. The molecule has 19 heavy (non-hydrogen) atoms. The van der Waals surface area contributed by atoms with Crippen LogP contribution in [0.5, 0.6) is 5.75 Å². The first kappa shape index (κ1) is 14.1. The lowest BCUT2D eigenvalue weighted by Gasteiger charge is -2.35. The Hall–Kier alpha value is -1.35. The SMILES string of the molecule is COc1ccc([C@H]2CCN(C(C)(C)C)[C@H]2C=O)cc1. The largest absolute Gasteiger partial charge is 0.497 e. The molecule has 0 N–H and O–H groups in total. The Morgan fingerprint density at radius 2 is 1.89 bits per heavy atom. The molecule has 0 unspecified atom stereocenters. The van der Waals surface area contributed by atoms with E-state index in [2.05, 4.69) is 37.8 Å². The number of hydrogen-bond acceptors (Lipinski definition) is 3. The number of nitrogens with zero attached hydrogens (tertiary/aromatic N) is 1. The molecule has 0 bridgehead atoms. The van der Waals surface area contributed by atoms with Crippen molar-refractivity contribution in [2.24, 2.45) is 0 Å². The highest BCUT2D eigenvalue weighted by Gasteiger charge is 2.39. The molecule has 1 aromatic carbocycles. The second kappa shape index (κ2) is 5.33. The first-order valence-corrected chi connectivity index (χ1v) is 6.83. The third kappa shape index (κ3) is 2.81. The van der Waals surface area contributed by atoms with Gasteiger partial charge in [-0.05, 0) is 44.9 Å². The van der Waals surface area contributed by atoms with Crippen molar-refractivity contribution in [2.45, 2.75) is 44.7 Å². The molecule has 0 aromatic heterocycles. The summed E-state index contributed by atoms with van der Waals surface area (Å²) in [6, 6.07) is 8.07. The molecule has 0 radical (unpaired) electrons. The quantitative estimate of drug-likeness (QED) is 0.784. The van der Waals surface area contributed by atoms with Gasteiger partial charge in [0.05, 0.1) is 13.2 Å². The van der Waals surface area contributed by atoms with Crippen LogP contribution in [0.25, 0.3) is 0 Å². The van der Waals surface area contributed by atoms with E-state index in [0.29, 0.717) is 5.92 Å². The van der Waals surface area contributed by atoms with Gasteiger partial charge in [0.1, 0.15) is 12.0 Å². The van der Waals surface area contributed by atoms with Gasteiger partial charge >= 0.3 is 0 Å². The van der Waals surface area contributed by atoms with Crippen LogP contribution in [0.1, 0.15) is 38.7 Å². The van der Waals surface area contributed by atoms with Crippen molar-refractivity contribution in [2.75, 3.05) is 13.7 Å². The molecule has 1 aliphatic rings. The van der Waals surface area contributed by atoms with E-state index in [1.54, 1.807) is 7.11 Å². The zero-order chi connectivity index (χ0) is 14.0. The van der Waals surface area contributed by atoms with Gasteiger partial charge in [-0.25, -0.2) is 0 Å². The van der Waals surface area contributed by atoms with Gasteiger partial charge in [-0.1, -0.05) is 12.1 Å². The molecule has 0 saturated carbocycles. The molecular weight excluding hydrogens is 238 g/mol. The summed E-state index contributed by atoms with van der Waals surface area (Å²) in [6.07, 6.45) is 2.14. The highest BCUT2D eigenvalue weighted by molar-refractivity contribution is 5.61. The summed E-state index contributed by atoms with van der Waals surface area (Å²) in [7, 11) is 1.67. The molecule has 1 fully saturated rings. The summed E-state index contributed by atoms with van der Waals surface area (Å²) >= 11 is 0. The van der Waals surface area contributed by atoms with Gasteiger partial charge in [0.25, 0.3) is 0 Å². The summed E-state index contributed by atoms with van der Waals surface area (Å²) in [5.41, 5.74) is 1.26. The van der Waals surface area contributed by atoms with E-state index >= 15 is 0 Å². The lowest BCUT2D eigenvalue weighted by molar-refractivity contribution is -0.113. The number of methoxy groups -OCH3 is 1. The lowest BCUT2D eigenvalue weighted by atomic mass is 9.91. The van der Waals surface area contributed by atoms with Crippen LogP contribution in [0.3, 0.4) is 0 Å². The van der Waals surface area contributed by atoms with Crippen LogP contribution in [0.4, 0.5) is 0 Å². The van der Waals surface area contributed by atoms with Crippen molar-refractivity contribution in [1.29, 1.82) is 0 Å².